The third kappa shape index (κ3) is 5.07. The summed E-state index contributed by atoms with van der Waals surface area (Å²) >= 11 is 0. The third-order valence-corrected chi connectivity index (χ3v) is 5.61. The number of esters is 1. The first-order valence-electron chi connectivity index (χ1n) is 11.4. The molecule has 4 rings (SSSR count). The Labute approximate surface area is 209 Å². The van der Waals surface area contributed by atoms with Crippen LogP contribution in [0.4, 0.5) is 5.69 Å². The lowest BCUT2D eigenvalue weighted by Gasteiger charge is -2.13. The third-order valence-electron chi connectivity index (χ3n) is 5.61. The minimum atomic E-state index is -0.498. The summed E-state index contributed by atoms with van der Waals surface area (Å²) in [6.07, 6.45) is 0. The van der Waals surface area contributed by atoms with Crippen LogP contribution in [0.1, 0.15) is 33.3 Å². The van der Waals surface area contributed by atoms with Gasteiger partial charge in [0.1, 0.15) is 11.5 Å². The van der Waals surface area contributed by atoms with Gasteiger partial charge in [-0.1, -0.05) is 30.3 Å². The molecule has 1 amide bonds. The summed E-state index contributed by atoms with van der Waals surface area (Å²) in [6.45, 7) is 3.98. The topological polar surface area (TPSA) is 91.7 Å². The number of hydrogen-bond acceptors (Lipinski definition) is 6. The summed E-state index contributed by atoms with van der Waals surface area (Å²) in [5.41, 5.74) is 4.43. The Hall–Kier alpha value is -4.59. The van der Waals surface area contributed by atoms with Crippen LogP contribution in [-0.2, 0) is 4.74 Å². The zero-order valence-electron chi connectivity index (χ0n) is 20.6. The summed E-state index contributed by atoms with van der Waals surface area (Å²) in [6, 6.07) is 21.8. The molecule has 3 aromatic carbocycles. The molecule has 0 saturated heterocycles. The number of nitrogens with one attached hydrogen (secondary N) is 1. The van der Waals surface area contributed by atoms with E-state index in [9.17, 15) is 9.59 Å². The van der Waals surface area contributed by atoms with Gasteiger partial charge in [0.25, 0.3) is 5.91 Å². The largest absolute Gasteiger partial charge is 0.497 e. The number of carbonyl (C=O) groups excluding carboxylic acids is 2. The van der Waals surface area contributed by atoms with Crippen molar-refractivity contribution in [1.29, 1.82) is 0 Å². The van der Waals surface area contributed by atoms with E-state index in [4.69, 9.17) is 14.2 Å². The van der Waals surface area contributed by atoms with Crippen molar-refractivity contribution in [3.8, 4) is 28.4 Å². The van der Waals surface area contributed by atoms with E-state index in [-0.39, 0.29) is 18.2 Å². The fourth-order valence-electron chi connectivity index (χ4n) is 3.82. The molecule has 0 aliphatic rings. The van der Waals surface area contributed by atoms with Crippen molar-refractivity contribution < 1.29 is 23.8 Å². The van der Waals surface area contributed by atoms with Crippen LogP contribution in [0.15, 0.2) is 72.8 Å². The number of methoxy groups -OCH3 is 2. The number of amides is 1. The Morgan fingerprint density at radius 1 is 0.944 bits per heavy atom. The molecule has 0 aliphatic heterocycles. The number of carbonyl (C=O) groups is 2. The zero-order valence-corrected chi connectivity index (χ0v) is 20.6. The Morgan fingerprint density at radius 3 is 2.47 bits per heavy atom. The molecule has 0 spiro atoms. The number of rotatable bonds is 8. The number of anilines is 1. The molecule has 0 radical (unpaired) electrons. The SMILES string of the molecule is CCOC(=O)c1cc(-c2cccc(NC(=O)c3ccc(OC)cc3OC)c2)n(-c2ccccc2C)n1. The predicted molar refractivity (Wildman–Crippen MR) is 137 cm³/mol. The second-order valence-corrected chi connectivity index (χ2v) is 7.93. The summed E-state index contributed by atoms with van der Waals surface area (Å²) in [5, 5.41) is 7.46. The normalized spacial score (nSPS) is 10.6. The first kappa shape index (κ1) is 24.5. The fourth-order valence-corrected chi connectivity index (χ4v) is 3.82. The van der Waals surface area contributed by atoms with Crippen molar-refractivity contribution in [2.45, 2.75) is 13.8 Å². The molecule has 0 aliphatic carbocycles. The molecule has 0 saturated carbocycles. The van der Waals surface area contributed by atoms with Crippen LogP contribution < -0.4 is 14.8 Å². The molecule has 8 heteroatoms. The molecular weight excluding hydrogens is 458 g/mol. The minimum absolute atomic E-state index is 0.201. The summed E-state index contributed by atoms with van der Waals surface area (Å²) in [7, 11) is 3.05. The number of aromatic nitrogens is 2. The number of hydrogen-bond donors (Lipinski definition) is 1. The van der Waals surface area contributed by atoms with Crippen LogP contribution in [-0.4, -0.2) is 42.5 Å². The van der Waals surface area contributed by atoms with E-state index in [1.54, 1.807) is 49.0 Å². The lowest BCUT2D eigenvalue weighted by atomic mass is 10.1. The highest BCUT2D eigenvalue weighted by atomic mass is 16.5. The van der Waals surface area contributed by atoms with Gasteiger partial charge in [-0.3, -0.25) is 4.79 Å². The highest BCUT2D eigenvalue weighted by molar-refractivity contribution is 6.06. The Kier molecular flexibility index (Phi) is 7.34. The van der Waals surface area contributed by atoms with Crippen molar-refractivity contribution in [3.05, 3.63) is 89.6 Å². The van der Waals surface area contributed by atoms with Crippen LogP contribution in [0.2, 0.25) is 0 Å². The molecule has 184 valence electrons. The van der Waals surface area contributed by atoms with Gasteiger partial charge in [-0.15, -0.1) is 0 Å². The quantitative estimate of drug-likeness (QED) is 0.341. The van der Waals surface area contributed by atoms with Crippen LogP contribution in [0.5, 0.6) is 11.5 Å². The molecular formula is C28H27N3O5. The van der Waals surface area contributed by atoms with Crippen molar-refractivity contribution in [2.24, 2.45) is 0 Å². The van der Waals surface area contributed by atoms with Crippen LogP contribution in [0, 0.1) is 6.92 Å². The number of ether oxygens (including phenoxy) is 3. The van der Waals surface area contributed by atoms with Crippen LogP contribution in [0.3, 0.4) is 0 Å². The van der Waals surface area contributed by atoms with Crippen LogP contribution in [0.25, 0.3) is 16.9 Å². The average molecular weight is 486 g/mol. The van der Waals surface area contributed by atoms with Crippen molar-refractivity contribution in [2.75, 3.05) is 26.1 Å². The number of nitrogens with zero attached hydrogens (tertiary/aromatic N) is 2. The highest BCUT2D eigenvalue weighted by Crippen LogP contribution is 2.29. The minimum Gasteiger partial charge on any atom is -0.497 e. The zero-order chi connectivity index (χ0) is 25.7. The van der Waals surface area contributed by atoms with E-state index >= 15 is 0 Å². The summed E-state index contributed by atoms with van der Waals surface area (Å²) in [4.78, 5) is 25.5. The molecule has 0 atom stereocenters. The van der Waals surface area contributed by atoms with Gasteiger partial charge in [0.05, 0.1) is 37.8 Å². The number of para-hydroxylation sites is 1. The molecule has 4 aromatic rings. The van der Waals surface area contributed by atoms with Gasteiger partial charge < -0.3 is 19.5 Å². The maximum absolute atomic E-state index is 13.0. The van der Waals surface area contributed by atoms with E-state index in [0.717, 1.165) is 16.8 Å². The van der Waals surface area contributed by atoms with Gasteiger partial charge in [0, 0.05) is 17.3 Å². The lowest BCUT2D eigenvalue weighted by Crippen LogP contribution is -2.13. The van der Waals surface area contributed by atoms with Gasteiger partial charge in [-0.05, 0) is 55.8 Å². The van der Waals surface area contributed by atoms with Crippen molar-refractivity contribution in [1.82, 2.24) is 9.78 Å². The highest BCUT2D eigenvalue weighted by Gasteiger charge is 2.19. The summed E-state index contributed by atoms with van der Waals surface area (Å²) in [5.74, 6) is 0.167. The van der Waals surface area contributed by atoms with E-state index in [1.165, 1.54) is 7.11 Å². The first-order chi connectivity index (χ1) is 17.4. The number of aryl methyl sites for hydroxylation is 1. The van der Waals surface area contributed by atoms with Crippen molar-refractivity contribution >= 4 is 17.6 Å². The average Bonchev–Trinajstić information content (AvgIpc) is 3.34. The van der Waals surface area contributed by atoms with E-state index in [2.05, 4.69) is 10.4 Å². The van der Waals surface area contributed by atoms with Gasteiger partial charge in [0.15, 0.2) is 5.69 Å². The standard InChI is InChI=1S/C28H27N3O5/c1-5-36-28(33)23-17-25(31(30-23)24-12-7-6-9-18(24)2)19-10-8-11-20(15-19)29-27(32)22-14-13-21(34-3)16-26(22)35-4/h6-17H,5H2,1-4H3,(H,29,32). The second kappa shape index (κ2) is 10.8. The van der Waals surface area contributed by atoms with Gasteiger partial charge >= 0.3 is 5.97 Å². The monoisotopic (exact) mass is 485 g/mol. The molecule has 0 unspecified atom stereocenters. The Balaban J connectivity index is 1.71. The van der Waals surface area contributed by atoms with Crippen LogP contribution >= 0.6 is 0 Å². The Morgan fingerprint density at radius 2 is 1.75 bits per heavy atom. The molecule has 36 heavy (non-hydrogen) atoms. The fraction of sp³-hybridized carbons (Fsp3) is 0.179. The molecule has 8 nitrogen and oxygen atoms in total. The molecule has 0 bridgehead atoms. The van der Waals surface area contributed by atoms with Gasteiger partial charge in [-0.25, -0.2) is 9.48 Å². The van der Waals surface area contributed by atoms with E-state index in [1.807, 2.05) is 49.4 Å². The van der Waals surface area contributed by atoms with E-state index < -0.39 is 5.97 Å². The molecule has 0 fully saturated rings. The maximum Gasteiger partial charge on any atom is 0.358 e. The lowest BCUT2D eigenvalue weighted by molar-refractivity contribution is 0.0518. The van der Waals surface area contributed by atoms with Gasteiger partial charge in [0.2, 0.25) is 0 Å². The molecule has 1 N–H and O–H groups in total. The predicted octanol–water partition coefficient (Wildman–Crippen LogP) is 5.29. The second-order valence-electron chi connectivity index (χ2n) is 7.93. The van der Waals surface area contributed by atoms with E-state index in [0.29, 0.717) is 28.4 Å². The van der Waals surface area contributed by atoms with Gasteiger partial charge in [-0.2, -0.15) is 5.10 Å². The number of benzene rings is 3. The Bertz CT molecular complexity index is 1410. The smallest absolute Gasteiger partial charge is 0.358 e. The molecule has 1 aromatic heterocycles. The first-order valence-corrected chi connectivity index (χ1v) is 11.4. The van der Waals surface area contributed by atoms with Crippen molar-refractivity contribution in [3.63, 3.8) is 0 Å². The molecule has 1 heterocycles. The summed E-state index contributed by atoms with van der Waals surface area (Å²) < 4.78 is 17.5. The maximum atomic E-state index is 13.0.